The van der Waals surface area contributed by atoms with E-state index in [1.165, 1.54) is 12.1 Å². The lowest BCUT2D eigenvalue weighted by molar-refractivity contribution is -0.137. The van der Waals surface area contributed by atoms with Crippen molar-refractivity contribution in [2.45, 2.75) is 12.6 Å². The zero-order valence-electron chi connectivity index (χ0n) is 11.1. The molecule has 0 radical (unpaired) electrons. The Morgan fingerprint density at radius 2 is 1.90 bits per heavy atom. The Kier molecular flexibility index (Phi) is 5.91. The fraction of sp³-hybridized carbons (Fsp3) is 0.357. The lowest BCUT2D eigenvalue weighted by Gasteiger charge is -2.10. The largest absolute Gasteiger partial charge is 0.416 e. The highest BCUT2D eigenvalue weighted by molar-refractivity contribution is 5.79. The van der Waals surface area contributed by atoms with E-state index in [1.54, 1.807) is 7.05 Å². The SMILES string of the molecule is C#CCNC(=NC)NCCc1ccc(C(F)(F)F)cc1. The molecule has 0 atom stereocenters. The van der Waals surface area contributed by atoms with Gasteiger partial charge >= 0.3 is 6.18 Å². The number of hydrogen-bond acceptors (Lipinski definition) is 1. The van der Waals surface area contributed by atoms with Crippen LogP contribution in [0.15, 0.2) is 29.3 Å². The Morgan fingerprint density at radius 1 is 1.25 bits per heavy atom. The van der Waals surface area contributed by atoms with Gasteiger partial charge in [0.2, 0.25) is 0 Å². The van der Waals surface area contributed by atoms with Crippen LogP contribution < -0.4 is 10.6 Å². The number of rotatable bonds is 4. The van der Waals surface area contributed by atoms with Crippen molar-refractivity contribution in [3.05, 3.63) is 35.4 Å². The molecule has 3 nitrogen and oxygen atoms in total. The first-order chi connectivity index (χ1) is 9.47. The molecule has 0 spiro atoms. The van der Waals surface area contributed by atoms with Crippen molar-refractivity contribution in [2.75, 3.05) is 20.1 Å². The molecule has 2 N–H and O–H groups in total. The van der Waals surface area contributed by atoms with Crippen molar-refractivity contribution in [1.82, 2.24) is 10.6 Å². The van der Waals surface area contributed by atoms with Crippen LogP contribution in [0.25, 0.3) is 0 Å². The summed E-state index contributed by atoms with van der Waals surface area (Å²) in [4.78, 5) is 3.95. The number of alkyl halides is 3. The normalized spacial score (nSPS) is 11.8. The van der Waals surface area contributed by atoms with Gasteiger partial charge in [0.15, 0.2) is 5.96 Å². The molecule has 1 rings (SSSR count). The van der Waals surface area contributed by atoms with E-state index in [0.717, 1.165) is 17.7 Å². The number of benzene rings is 1. The maximum Gasteiger partial charge on any atom is 0.416 e. The van der Waals surface area contributed by atoms with E-state index in [-0.39, 0.29) is 0 Å². The molecule has 1 aromatic rings. The first kappa shape index (κ1) is 15.9. The molecule has 6 heteroatoms. The summed E-state index contributed by atoms with van der Waals surface area (Å²) >= 11 is 0. The van der Waals surface area contributed by atoms with Crippen LogP contribution in [0, 0.1) is 12.3 Å². The average molecular weight is 283 g/mol. The van der Waals surface area contributed by atoms with Crippen molar-refractivity contribution < 1.29 is 13.2 Å². The van der Waals surface area contributed by atoms with Gasteiger partial charge in [-0.1, -0.05) is 18.1 Å². The standard InChI is InChI=1S/C14H16F3N3/c1-3-9-19-13(18-2)20-10-8-11-4-6-12(7-5-11)14(15,16)17/h1,4-7H,8-10H2,2H3,(H2,18,19,20). The third-order valence-corrected chi connectivity index (χ3v) is 2.57. The molecule has 0 aliphatic rings. The minimum absolute atomic E-state index is 0.361. The number of aliphatic imine (C=N–C) groups is 1. The van der Waals surface area contributed by atoms with Gasteiger partial charge in [-0.15, -0.1) is 6.42 Å². The topological polar surface area (TPSA) is 36.4 Å². The van der Waals surface area contributed by atoms with Crippen molar-refractivity contribution in [3.63, 3.8) is 0 Å². The van der Waals surface area contributed by atoms with Crippen LogP contribution in [0.5, 0.6) is 0 Å². The number of nitrogens with zero attached hydrogens (tertiary/aromatic N) is 1. The van der Waals surface area contributed by atoms with E-state index in [0.29, 0.717) is 25.5 Å². The molecular weight excluding hydrogens is 267 g/mol. The van der Waals surface area contributed by atoms with Crippen LogP contribution in [-0.4, -0.2) is 26.1 Å². The fourth-order valence-electron chi connectivity index (χ4n) is 1.54. The van der Waals surface area contributed by atoms with E-state index in [9.17, 15) is 13.2 Å². The molecule has 0 unspecified atom stereocenters. The number of nitrogens with one attached hydrogen (secondary N) is 2. The Morgan fingerprint density at radius 3 is 2.40 bits per heavy atom. The molecular formula is C14H16F3N3. The highest BCUT2D eigenvalue weighted by Crippen LogP contribution is 2.29. The lowest BCUT2D eigenvalue weighted by Crippen LogP contribution is -2.38. The quantitative estimate of drug-likeness (QED) is 0.504. The molecule has 0 aliphatic heterocycles. The lowest BCUT2D eigenvalue weighted by atomic mass is 10.1. The predicted molar refractivity (Wildman–Crippen MR) is 73.3 cm³/mol. The summed E-state index contributed by atoms with van der Waals surface area (Å²) in [6.45, 7) is 0.912. The monoisotopic (exact) mass is 283 g/mol. The van der Waals surface area contributed by atoms with Crippen LogP contribution in [-0.2, 0) is 12.6 Å². The summed E-state index contributed by atoms with van der Waals surface area (Å²) < 4.78 is 37.2. The Labute approximate surface area is 116 Å². The van der Waals surface area contributed by atoms with Gasteiger partial charge in [0.25, 0.3) is 0 Å². The predicted octanol–water partition coefficient (Wildman–Crippen LogP) is 2.05. The maximum absolute atomic E-state index is 12.4. The third kappa shape index (κ3) is 5.22. The first-order valence-electron chi connectivity index (χ1n) is 6.01. The van der Waals surface area contributed by atoms with Gasteiger partial charge in [-0.2, -0.15) is 13.2 Å². The molecule has 0 saturated carbocycles. The summed E-state index contributed by atoms with van der Waals surface area (Å²) in [5.41, 5.74) is 0.179. The molecule has 0 saturated heterocycles. The molecule has 20 heavy (non-hydrogen) atoms. The van der Waals surface area contributed by atoms with Gasteiger partial charge in [0, 0.05) is 13.6 Å². The average Bonchev–Trinajstić information content (AvgIpc) is 2.42. The summed E-state index contributed by atoms with van der Waals surface area (Å²) in [5, 5.41) is 5.91. The van der Waals surface area contributed by atoms with E-state index in [2.05, 4.69) is 21.5 Å². The van der Waals surface area contributed by atoms with Crippen molar-refractivity contribution >= 4 is 5.96 Å². The van der Waals surface area contributed by atoms with Gasteiger partial charge in [0.1, 0.15) is 0 Å². The molecule has 0 heterocycles. The van der Waals surface area contributed by atoms with Crippen LogP contribution in [0.3, 0.4) is 0 Å². The van der Waals surface area contributed by atoms with Crippen LogP contribution in [0.2, 0.25) is 0 Å². The van der Waals surface area contributed by atoms with Crippen LogP contribution >= 0.6 is 0 Å². The van der Waals surface area contributed by atoms with Crippen LogP contribution in [0.1, 0.15) is 11.1 Å². The fourth-order valence-corrected chi connectivity index (χ4v) is 1.54. The molecule has 0 aromatic heterocycles. The summed E-state index contributed by atoms with van der Waals surface area (Å²) in [6, 6.07) is 5.12. The number of hydrogen-bond donors (Lipinski definition) is 2. The molecule has 108 valence electrons. The van der Waals surface area contributed by atoms with Gasteiger partial charge in [0.05, 0.1) is 12.1 Å². The second kappa shape index (κ2) is 7.43. The highest BCUT2D eigenvalue weighted by Gasteiger charge is 2.29. The van der Waals surface area contributed by atoms with E-state index in [4.69, 9.17) is 6.42 Å². The molecule has 0 bridgehead atoms. The number of guanidine groups is 1. The second-order valence-corrected chi connectivity index (χ2v) is 4.00. The zero-order valence-corrected chi connectivity index (χ0v) is 11.1. The molecule has 0 aliphatic carbocycles. The molecule has 0 fully saturated rings. The Balaban J connectivity index is 2.45. The second-order valence-electron chi connectivity index (χ2n) is 4.00. The molecule has 0 amide bonds. The highest BCUT2D eigenvalue weighted by atomic mass is 19.4. The minimum atomic E-state index is -4.29. The summed E-state index contributed by atoms with van der Waals surface area (Å²) in [6.07, 6.45) is 1.41. The Bertz CT molecular complexity index is 484. The van der Waals surface area contributed by atoms with Crippen molar-refractivity contribution in [3.8, 4) is 12.3 Å². The van der Waals surface area contributed by atoms with Gasteiger partial charge in [-0.05, 0) is 24.1 Å². The zero-order chi connectivity index (χ0) is 15.0. The molecule has 1 aromatic carbocycles. The van der Waals surface area contributed by atoms with Crippen molar-refractivity contribution in [1.29, 1.82) is 0 Å². The van der Waals surface area contributed by atoms with E-state index in [1.807, 2.05) is 0 Å². The Hall–Kier alpha value is -2.16. The van der Waals surface area contributed by atoms with Gasteiger partial charge in [-0.3, -0.25) is 4.99 Å². The third-order valence-electron chi connectivity index (χ3n) is 2.57. The van der Waals surface area contributed by atoms with Gasteiger partial charge in [-0.25, -0.2) is 0 Å². The minimum Gasteiger partial charge on any atom is -0.356 e. The number of terminal acetylenes is 1. The summed E-state index contributed by atoms with van der Waals surface area (Å²) in [7, 11) is 1.62. The first-order valence-corrected chi connectivity index (χ1v) is 6.01. The van der Waals surface area contributed by atoms with E-state index < -0.39 is 11.7 Å². The number of halogens is 3. The van der Waals surface area contributed by atoms with Crippen LogP contribution in [0.4, 0.5) is 13.2 Å². The summed E-state index contributed by atoms with van der Waals surface area (Å²) in [5.74, 6) is 2.99. The maximum atomic E-state index is 12.4. The van der Waals surface area contributed by atoms with Gasteiger partial charge < -0.3 is 10.6 Å². The smallest absolute Gasteiger partial charge is 0.356 e. The van der Waals surface area contributed by atoms with E-state index >= 15 is 0 Å². The van der Waals surface area contributed by atoms with Crippen molar-refractivity contribution in [2.24, 2.45) is 4.99 Å².